The topological polar surface area (TPSA) is 71.1 Å². The van der Waals surface area contributed by atoms with Gasteiger partial charge in [-0.25, -0.2) is 0 Å². The molecule has 0 aromatic heterocycles. The van der Waals surface area contributed by atoms with Gasteiger partial charge in [0.2, 0.25) is 0 Å². The van der Waals surface area contributed by atoms with Crippen LogP contribution in [-0.2, 0) is 28.5 Å². The molecule has 2 bridgehead atoms. The van der Waals surface area contributed by atoms with Crippen LogP contribution in [0.1, 0.15) is 6.92 Å². The van der Waals surface area contributed by atoms with Crippen molar-refractivity contribution >= 4 is 11.9 Å². The van der Waals surface area contributed by atoms with E-state index in [1.165, 1.54) is 14.0 Å². The van der Waals surface area contributed by atoms with Gasteiger partial charge in [-0.1, -0.05) is 0 Å². The van der Waals surface area contributed by atoms with E-state index in [0.29, 0.717) is 6.61 Å². The first kappa shape index (κ1) is 11.3. The second-order valence-electron chi connectivity index (χ2n) is 3.87. The maximum atomic E-state index is 11.5. The zero-order valence-corrected chi connectivity index (χ0v) is 9.17. The quantitative estimate of drug-likeness (QED) is 0.596. The van der Waals surface area contributed by atoms with Gasteiger partial charge >= 0.3 is 11.9 Å². The van der Waals surface area contributed by atoms with Crippen molar-refractivity contribution in [1.29, 1.82) is 0 Å². The number of hydrogen-bond acceptors (Lipinski definition) is 6. The Morgan fingerprint density at radius 3 is 2.62 bits per heavy atom. The molecule has 0 saturated carbocycles. The molecule has 0 aromatic rings. The fourth-order valence-electron chi connectivity index (χ4n) is 2.16. The van der Waals surface area contributed by atoms with Gasteiger partial charge in [-0.05, 0) is 0 Å². The van der Waals surface area contributed by atoms with Crippen molar-refractivity contribution in [3.05, 3.63) is 0 Å². The Bertz CT molecular complexity index is 302. The van der Waals surface area contributed by atoms with Gasteiger partial charge in [-0.2, -0.15) is 0 Å². The molecular formula is C10H14O6. The molecule has 0 unspecified atom stereocenters. The molecule has 0 spiro atoms. The van der Waals surface area contributed by atoms with E-state index in [9.17, 15) is 9.59 Å². The van der Waals surface area contributed by atoms with E-state index in [1.807, 2.05) is 0 Å². The van der Waals surface area contributed by atoms with E-state index in [1.54, 1.807) is 0 Å². The SMILES string of the molecule is COC(=O)[C@H]1[C@@H]2OC[C@H]1OC[C@@H]2OC(C)=O. The number of methoxy groups -OCH3 is 1. The molecule has 16 heavy (non-hydrogen) atoms. The third-order valence-electron chi connectivity index (χ3n) is 2.84. The van der Waals surface area contributed by atoms with Crippen molar-refractivity contribution in [2.75, 3.05) is 20.3 Å². The van der Waals surface area contributed by atoms with Crippen LogP contribution in [0.3, 0.4) is 0 Å². The highest BCUT2D eigenvalue weighted by molar-refractivity contribution is 5.74. The van der Waals surface area contributed by atoms with Gasteiger partial charge in [0.1, 0.15) is 12.0 Å². The van der Waals surface area contributed by atoms with Crippen LogP contribution >= 0.6 is 0 Å². The Hall–Kier alpha value is -1.14. The molecule has 2 rings (SSSR count). The summed E-state index contributed by atoms with van der Waals surface area (Å²) >= 11 is 0. The molecule has 90 valence electrons. The van der Waals surface area contributed by atoms with Crippen LogP contribution in [0.2, 0.25) is 0 Å². The number of carbonyl (C=O) groups is 2. The fourth-order valence-corrected chi connectivity index (χ4v) is 2.16. The van der Waals surface area contributed by atoms with E-state index in [4.69, 9.17) is 14.2 Å². The van der Waals surface area contributed by atoms with Crippen molar-refractivity contribution < 1.29 is 28.5 Å². The predicted octanol–water partition coefficient (Wildman–Crippen LogP) is -0.495. The monoisotopic (exact) mass is 230 g/mol. The summed E-state index contributed by atoms with van der Waals surface area (Å²) in [5.74, 6) is -1.29. The molecule has 2 saturated heterocycles. The standard InChI is InChI=1S/C10H14O6/c1-5(11)16-7-4-14-6-3-15-9(7)8(6)10(12)13-2/h6-9H,3-4H2,1-2H3/t6-,7+,8-,9-/m1/s1. The lowest BCUT2D eigenvalue weighted by Gasteiger charge is -2.32. The molecule has 6 nitrogen and oxygen atoms in total. The number of carbonyl (C=O) groups excluding carboxylic acids is 2. The lowest BCUT2D eigenvalue weighted by atomic mass is 9.93. The van der Waals surface area contributed by atoms with Crippen LogP contribution < -0.4 is 0 Å². The Morgan fingerprint density at radius 1 is 1.25 bits per heavy atom. The molecule has 2 aliphatic heterocycles. The number of fused-ring (bicyclic) bond motifs is 2. The number of rotatable bonds is 2. The average Bonchev–Trinajstić information content (AvgIpc) is 2.57. The minimum absolute atomic E-state index is 0.266. The van der Waals surface area contributed by atoms with Gasteiger partial charge in [0.05, 0.1) is 26.4 Å². The highest BCUT2D eigenvalue weighted by Crippen LogP contribution is 2.33. The third-order valence-corrected chi connectivity index (χ3v) is 2.84. The summed E-state index contributed by atoms with van der Waals surface area (Å²) < 4.78 is 20.6. The summed E-state index contributed by atoms with van der Waals surface area (Å²) in [7, 11) is 1.32. The molecule has 6 heteroatoms. The Kier molecular flexibility index (Phi) is 3.11. The zero-order chi connectivity index (χ0) is 11.7. The van der Waals surface area contributed by atoms with Crippen molar-refractivity contribution in [3.8, 4) is 0 Å². The fraction of sp³-hybridized carbons (Fsp3) is 0.800. The molecule has 0 N–H and O–H groups in total. The molecule has 2 heterocycles. The molecule has 0 amide bonds. The first-order valence-electron chi connectivity index (χ1n) is 5.11. The summed E-state index contributed by atoms with van der Waals surface area (Å²) in [6.07, 6.45) is -1.26. The molecule has 2 aliphatic rings. The maximum Gasteiger partial charge on any atom is 0.314 e. The van der Waals surface area contributed by atoms with Crippen LogP contribution in [0, 0.1) is 5.92 Å². The highest BCUT2D eigenvalue weighted by Gasteiger charge is 2.52. The normalized spacial score (nSPS) is 36.9. The second kappa shape index (κ2) is 4.39. The lowest BCUT2D eigenvalue weighted by Crippen LogP contribution is -2.49. The maximum absolute atomic E-state index is 11.5. The van der Waals surface area contributed by atoms with Crippen molar-refractivity contribution in [2.24, 2.45) is 5.92 Å². The van der Waals surface area contributed by atoms with Gasteiger partial charge in [-0.15, -0.1) is 0 Å². The summed E-state index contributed by atoms with van der Waals surface area (Å²) in [6.45, 7) is 1.92. The Balaban J connectivity index is 2.10. The minimum atomic E-state index is -0.527. The second-order valence-corrected chi connectivity index (χ2v) is 3.87. The van der Waals surface area contributed by atoms with Gasteiger partial charge in [0.15, 0.2) is 6.10 Å². The number of hydrogen-bond donors (Lipinski definition) is 0. The Labute approximate surface area is 92.8 Å². The van der Waals surface area contributed by atoms with Crippen LogP contribution in [0.5, 0.6) is 0 Å². The van der Waals surface area contributed by atoms with Crippen LogP contribution in [0.15, 0.2) is 0 Å². The first-order valence-corrected chi connectivity index (χ1v) is 5.11. The van der Waals surface area contributed by atoms with E-state index < -0.39 is 24.1 Å². The largest absolute Gasteiger partial charge is 0.469 e. The molecule has 2 fully saturated rings. The number of esters is 2. The van der Waals surface area contributed by atoms with E-state index >= 15 is 0 Å². The predicted molar refractivity (Wildman–Crippen MR) is 50.5 cm³/mol. The highest BCUT2D eigenvalue weighted by atomic mass is 16.6. The van der Waals surface area contributed by atoms with Gasteiger partial charge in [-0.3, -0.25) is 9.59 Å². The van der Waals surface area contributed by atoms with E-state index in [0.717, 1.165) is 0 Å². The number of ether oxygens (including phenoxy) is 4. The summed E-state index contributed by atoms with van der Waals surface area (Å²) in [6, 6.07) is 0. The van der Waals surface area contributed by atoms with Crippen molar-refractivity contribution in [3.63, 3.8) is 0 Å². The average molecular weight is 230 g/mol. The van der Waals surface area contributed by atoms with Gasteiger partial charge < -0.3 is 18.9 Å². The molecule has 0 aliphatic carbocycles. The molecule has 0 aromatic carbocycles. The molecule has 0 radical (unpaired) electrons. The van der Waals surface area contributed by atoms with Crippen molar-refractivity contribution in [2.45, 2.75) is 25.2 Å². The Morgan fingerprint density at radius 2 is 2.00 bits per heavy atom. The van der Waals surface area contributed by atoms with Crippen LogP contribution in [0.25, 0.3) is 0 Å². The van der Waals surface area contributed by atoms with Crippen LogP contribution in [0.4, 0.5) is 0 Å². The zero-order valence-electron chi connectivity index (χ0n) is 9.17. The summed E-state index contributed by atoms with van der Waals surface area (Å²) in [4.78, 5) is 22.4. The van der Waals surface area contributed by atoms with Gasteiger partial charge in [0.25, 0.3) is 0 Å². The first-order chi connectivity index (χ1) is 7.63. The molecule has 4 atom stereocenters. The van der Waals surface area contributed by atoms with Gasteiger partial charge in [0, 0.05) is 6.92 Å². The smallest absolute Gasteiger partial charge is 0.314 e. The summed E-state index contributed by atoms with van der Waals surface area (Å²) in [5.41, 5.74) is 0. The third kappa shape index (κ3) is 1.90. The van der Waals surface area contributed by atoms with Crippen LogP contribution in [-0.4, -0.2) is 50.6 Å². The summed E-state index contributed by atoms with van der Waals surface area (Å²) in [5, 5.41) is 0. The van der Waals surface area contributed by atoms with E-state index in [-0.39, 0.29) is 18.7 Å². The van der Waals surface area contributed by atoms with Crippen molar-refractivity contribution in [1.82, 2.24) is 0 Å². The molecular weight excluding hydrogens is 216 g/mol. The minimum Gasteiger partial charge on any atom is -0.469 e. The van der Waals surface area contributed by atoms with E-state index in [2.05, 4.69) is 4.74 Å². The lowest BCUT2D eigenvalue weighted by molar-refractivity contribution is -0.177.